The molecule has 1 aromatic carbocycles. The lowest BCUT2D eigenvalue weighted by molar-refractivity contribution is -0.384. The minimum atomic E-state index is -0.478. The third-order valence-corrected chi connectivity index (χ3v) is 2.68. The number of benzene rings is 1. The quantitative estimate of drug-likeness (QED) is 0.350. The summed E-state index contributed by atoms with van der Waals surface area (Å²) < 4.78 is 5.20. The Labute approximate surface area is 103 Å². The first-order valence-electron chi connectivity index (χ1n) is 5.41. The van der Waals surface area contributed by atoms with Crippen molar-refractivity contribution in [1.82, 2.24) is 0 Å². The molecular formula is C11H11N3O4. The number of hydrogen-bond donors (Lipinski definition) is 0. The van der Waals surface area contributed by atoms with Gasteiger partial charge in [0, 0.05) is 19.2 Å². The van der Waals surface area contributed by atoms with Gasteiger partial charge in [0.15, 0.2) is 0 Å². The van der Waals surface area contributed by atoms with E-state index in [9.17, 15) is 14.9 Å². The van der Waals surface area contributed by atoms with Crippen LogP contribution in [0.2, 0.25) is 0 Å². The van der Waals surface area contributed by atoms with Crippen LogP contribution in [0.4, 0.5) is 17.1 Å². The Kier molecular flexibility index (Phi) is 3.66. The number of isocyanates is 1. The number of anilines is 1. The van der Waals surface area contributed by atoms with Crippen molar-refractivity contribution in [1.29, 1.82) is 0 Å². The molecule has 2 rings (SSSR count). The molecule has 7 heteroatoms. The van der Waals surface area contributed by atoms with Crippen LogP contribution >= 0.6 is 0 Å². The van der Waals surface area contributed by atoms with Crippen LogP contribution in [0.15, 0.2) is 23.2 Å². The van der Waals surface area contributed by atoms with Crippen molar-refractivity contribution in [3.8, 4) is 0 Å². The highest BCUT2D eigenvalue weighted by Gasteiger charge is 2.21. The van der Waals surface area contributed by atoms with Gasteiger partial charge in [0.1, 0.15) is 5.69 Å². The Morgan fingerprint density at radius 3 is 2.72 bits per heavy atom. The van der Waals surface area contributed by atoms with Gasteiger partial charge in [-0.2, -0.15) is 4.99 Å². The van der Waals surface area contributed by atoms with E-state index in [0.717, 1.165) is 0 Å². The van der Waals surface area contributed by atoms with E-state index in [-0.39, 0.29) is 11.4 Å². The molecule has 0 radical (unpaired) electrons. The maximum Gasteiger partial charge on any atom is 0.294 e. The van der Waals surface area contributed by atoms with Gasteiger partial charge >= 0.3 is 0 Å². The van der Waals surface area contributed by atoms with Crippen LogP contribution in [-0.4, -0.2) is 37.3 Å². The van der Waals surface area contributed by atoms with Crippen molar-refractivity contribution in [3.63, 3.8) is 0 Å². The molecule has 18 heavy (non-hydrogen) atoms. The van der Waals surface area contributed by atoms with Gasteiger partial charge in [-0.1, -0.05) is 0 Å². The smallest absolute Gasteiger partial charge is 0.294 e. The monoisotopic (exact) mass is 249 g/mol. The van der Waals surface area contributed by atoms with E-state index in [0.29, 0.717) is 32.0 Å². The molecule has 1 saturated heterocycles. The highest BCUT2D eigenvalue weighted by Crippen LogP contribution is 2.32. The minimum Gasteiger partial charge on any atom is -0.378 e. The molecule has 0 saturated carbocycles. The molecule has 0 amide bonds. The normalized spacial score (nSPS) is 15.0. The van der Waals surface area contributed by atoms with Gasteiger partial charge in [-0.25, -0.2) is 4.79 Å². The van der Waals surface area contributed by atoms with Gasteiger partial charge in [0.2, 0.25) is 6.08 Å². The van der Waals surface area contributed by atoms with Crippen molar-refractivity contribution >= 4 is 23.1 Å². The van der Waals surface area contributed by atoms with E-state index < -0.39 is 4.92 Å². The van der Waals surface area contributed by atoms with Crippen LogP contribution in [-0.2, 0) is 9.53 Å². The zero-order valence-corrected chi connectivity index (χ0v) is 9.54. The predicted octanol–water partition coefficient (Wildman–Crippen LogP) is 1.40. The third kappa shape index (κ3) is 2.53. The first kappa shape index (κ1) is 12.2. The molecule has 1 aliphatic heterocycles. The van der Waals surface area contributed by atoms with Gasteiger partial charge in [0.05, 0.1) is 23.8 Å². The van der Waals surface area contributed by atoms with E-state index in [1.165, 1.54) is 12.1 Å². The summed E-state index contributed by atoms with van der Waals surface area (Å²) in [5.41, 5.74) is 0.690. The molecule has 0 atom stereocenters. The molecule has 0 aromatic heterocycles. The van der Waals surface area contributed by atoms with Crippen LogP contribution in [0, 0.1) is 10.1 Å². The van der Waals surface area contributed by atoms with E-state index in [2.05, 4.69) is 4.99 Å². The molecular weight excluding hydrogens is 238 g/mol. The maximum atomic E-state index is 11.0. The second kappa shape index (κ2) is 5.39. The number of nitro groups is 1. The van der Waals surface area contributed by atoms with Gasteiger partial charge in [0.25, 0.3) is 5.69 Å². The van der Waals surface area contributed by atoms with Crippen molar-refractivity contribution < 1.29 is 14.5 Å². The van der Waals surface area contributed by atoms with Crippen molar-refractivity contribution in [2.45, 2.75) is 0 Å². The molecule has 7 nitrogen and oxygen atoms in total. The lowest BCUT2D eigenvalue weighted by Gasteiger charge is -2.28. The van der Waals surface area contributed by atoms with Crippen molar-refractivity contribution in [2.24, 2.45) is 4.99 Å². The number of hydrogen-bond acceptors (Lipinski definition) is 6. The summed E-state index contributed by atoms with van der Waals surface area (Å²) in [7, 11) is 0. The molecule has 1 heterocycles. The van der Waals surface area contributed by atoms with Gasteiger partial charge in [-0.3, -0.25) is 10.1 Å². The number of carbonyl (C=O) groups excluding carboxylic acids is 1. The summed E-state index contributed by atoms with van der Waals surface area (Å²) in [4.78, 5) is 26.0. The Hall–Kier alpha value is -2.24. The standard InChI is InChI=1S/C11H11N3O4/c15-8-12-9-1-2-10(11(7-9)14(16)17)13-3-5-18-6-4-13/h1-2,7H,3-6H2. The molecule has 94 valence electrons. The second-order valence-corrected chi connectivity index (χ2v) is 3.73. The molecule has 1 aromatic rings. The van der Waals surface area contributed by atoms with E-state index in [1.54, 1.807) is 12.1 Å². The van der Waals surface area contributed by atoms with E-state index in [1.807, 2.05) is 4.90 Å². The van der Waals surface area contributed by atoms with E-state index in [4.69, 9.17) is 4.74 Å². The largest absolute Gasteiger partial charge is 0.378 e. The number of ether oxygens (including phenoxy) is 1. The average molecular weight is 249 g/mol. The fourth-order valence-electron chi connectivity index (χ4n) is 1.85. The summed E-state index contributed by atoms with van der Waals surface area (Å²) in [5.74, 6) is 0. The average Bonchev–Trinajstić information content (AvgIpc) is 2.40. The Morgan fingerprint density at radius 1 is 1.39 bits per heavy atom. The maximum absolute atomic E-state index is 11.0. The minimum absolute atomic E-state index is 0.0617. The Morgan fingerprint density at radius 2 is 2.11 bits per heavy atom. The number of nitro benzene ring substituents is 1. The molecule has 0 aliphatic carbocycles. The molecule has 1 aliphatic rings. The molecule has 0 bridgehead atoms. The van der Waals surface area contributed by atoms with Gasteiger partial charge in [-0.05, 0) is 12.1 Å². The number of aliphatic imine (C=N–C) groups is 1. The molecule has 0 N–H and O–H groups in total. The van der Waals surface area contributed by atoms with Crippen molar-refractivity contribution in [2.75, 3.05) is 31.2 Å². The summed E-state index contributed by atoms with van der Waals surface area (Å²) in [6, 6.07) is 4.43. The van der Waals surface area contributed by atoms with Crippen LogP contribution in [0.5, 0.6) is 0 Å². The van der Waals surface area contributed by atoms with E-state index >= 15 is 0 Å². The zero-order valence-electron chi connectivity index (χ0n) is 9.54. The number of morpholine rings is 1. The highest BCUT2D eigenvalue weighted by atomic mass is 16.6. The van der Waals surface area contributed by atoms with Gasteiger partial charge < -0.3 is 9.64 Å². The fourth-order valence-corrected chi connectivity index (χ4v) is 1.85. The third-order valence-electron chi connectivity index (χ3n) is 2.68. The highest BCUT2D eigenvalue weighted by molar-refractivity contribution is 5.69. The zero-order chi connectivity index (χ0) is 13.0. The lowest BCUT2D eigenvalue weighted by atomic mass is 10.2. The SMILES string of the molecule is O=C=Nc1ccc(N2CCOCC2)c([N+](=O)[O-])c1. The molecule has 1 fully saturated rings. The van der Waals surface area contributed by atoms with Crippen LogP contribution in [0.3, 0.4) is 0 Å². The Bertz CT molecular complexity index is 505. The van der Waals surface area contributed by atoms with Crippen molar-refractivity contribution in [3.05, 3.63) is 28.3 Å². The fraction of sp³-hybridized carbons (Fsp3) is 0.364. The Balaban J connectivity index is 2.39. The lowest BCUT2D eigenvalue weighted by Crippen LogP contribution is -2.36. The van der Waals surface area contributed by atoms with Crippen LogP contribution < -0.4 is 4.90 Å². The second-order valence-electron chi connectivity index (χ2n) is 3.73. The topological polar surface area (TPSA) is 85.0 Å². The summed E-state index contributed by atoms with van der Waals surface area (Å²) in [6.45, 7) is 2.31. The first-order valence-corrected chi connectivity index (χ1v) is 5.41. The predicted molar refractivity (Wildman–Crippen MR) is 63.9 cm³/mol. The van der Waals surface area contributed by atoms with Crippen LogP contribution in [0.1, 0.15) is 0 Å². The first-order chi connectivity index (χ1) is 8.72. The number of rotatable bonds is 3. The van der Waals surface area contributed by atoms with Gasteiger partial charge in [-0.15, -0.1) is 0 Å². The molecule has 0 spiro atoms. The summed E-state index contributed by atoms with van der Waals surface area (Å²) in [5, 5.41) is 11.0. The molecule has 0 unspecified atom stereocenters. The summed E-state index contributed by atoms with van der Waals surface area (Å²) in [6.07, 6.45) is 1.37. The number of nitrogens with zero attached hydrogens (tertiary/aromatic N) is 3. The summed E-state index contributed by atoms with van der Waals surface area (Å²) >= 11 is 0. The van der Waals surface area contributed by atoms with Crippen LogP contribution in [0.25, 0.3) is 0 Å².